The lowest BCUT2D eigenvalue weighted by molar-refractivity contribution is -0.0112. The SMILES string of the molecule is COC1CCCN(C(C)CC(C)(O)CN)C1. The highest BCUT2D eigenvalue weighted by Crippen LogP contribution is 2.20. The lowest BCUT2D eigenvalue weighted by Gasteiger charge is -2.38. The molecule has 0 bridgehead atoms. The first kappa shape index (κ1) is 13.9. The van der Waals surface area contributed by atoms with E-state index in [9.17, 15) is 5.11 Å². The van der Waals surface area contributed by atoms with Crippen molar-refractivity contribution >= 4 is 0 Å². The number of nitrogens with two attached hydrogens (primary N) is 1. The van der Waals surface area contributed by atoms with Crippen molar-refractivity contribution in [2.24, 2.45) is 5.73 Å². The van der Waals surface area contributed by atoms with E-state index < -0.39 is 5.60 Å². The van der Waals surface area contributed by atoms with Crippen molar-refractivity contribution in [1.29, 1.82) is 0 Å². The lowest BCUT2D eigenvalue weighted by atomic mass is 9.95. The van der Waals surface area contributed by atoms with Crippen LogP contribution in [0.1, 0.15) is 33.1 Å². The molecule has 1 rings (SSSR count). The van der Waals surface area contributed by atoms with Gasteiger partial charge in [-0.2, -0.15) is 0 Å². The molecule has 0 aliphatic carbocycles. The topological polar surface area (TPSA) is 58.7 Å². The monoisotopic (exact) mass is 230 g/mol. The maximum absolute atomic E-state index is 9.96. The van der Waals surface area contributed by atoms with Crippen LogP contribution in [0.15, 0.2) is 0 Å². The second-order valence-corrected chi connectivity index (χ2v) is 5.25. The Kier molecular flexibility index (Phi) is 5.18. The minimum Gasteiger partial charge on any atom is -0.389 e. The maximum atomic E-state index is 9.96. The van der Waals surface area contributed by atoms with Gasteiger partial charge >= 0.3 is 0 Å². The van der Waals surface area contributed by atoms with Gasteiger partial charge in [0.25, 0.3) is 0 Å². The predicted octanol–water partition coefficient (Wildman–Crippen LogP) is 0.586. The Morgan fingerprint density at radius 2 is 2.31 bits per heavy atom. The highest BCUT2D eigenvalue weighted by atomic mass is 16.5. The van der Waals surface area contributed by atoms with Crippen molar-refractivity contribution in [2.75, 3.05) is 26.7 Å². The van der Waals surface area contributed by atoms with E-state index >= 15 is 0 Å². The molecule has 0 saturated carbocycles. The summed E-state index contributed by atoms with van der Waals surface area (Å²) in [6, 6.07) is 0.358. The molecule has 3 unspecified atom stereocenters. The summed E-state index contributed by atoms with van der Waals surface area (Å²) < 4.78 is 5.40. The smallest absolute Gasteiger partial charge is 0.0756 e. The molecular formula is C12H26N2O2. The van der Waals surface area contributed by atoms with Crippen molar-refractivity contribution in [1.82, 2.24) is 4.90 Å². The van der Waals surface area contributed by atoms with Crippen molar-refractivity contribution in [3.63, 3.8) is 0 Å². The van der Waals surface area contributed by atoms with Gasteiger partial charge in [-0.1, -0.05) is 0 Å². The second-order valence-electron chi connectivity index (χ2n) is 5.25. The van der Waals surface area contributed by atoms with Crippen LogP contribution in [0.2, 0.25) is 0 Å². The summed E-state index contributed by atoms with van der Waals surface area (Å²) >= 11 is 0. The fourth-order valence-electron chi connectivity index (χ4n) is 2.41. The molecule has 4 nitrogen and oxygen atoms in total. The molecule has 0 radical (unpaired) electrons. The molecule has 16 heavy (non-hydrogen) atoms. The lowest BCUT2D eigenvalue weighted by Crippen LogP contribution is -2.48. The van der Waals surface area contributed by atoms with Crippen LogP contribution in [0.5, 0.6) is 0 Å². The van der Waals surface area contributed by atoms with Gasteiger partial charge in [-0.3, -0.25) is 4.90 Å². The van der Waals surface area contributed by atoms with Crippen molar-refractivity contribution in [3.8, 4) is 0 Å². The first-order valence-corrected chi connectivity index (χ1v) is 6.18. The summed E-state index contributed by atoms with van der Waals surface area (Å²) in [5, 5.41) is 9.96. The maximum Gasteiger partial charge on any atom is 0.0756 e. The van der Waals surface area contributed by atoms with Crippen molar-refractivity contribution in [3.05, 3.63) is 0 Å². The van der Waals surface area contributed by atoms with E-state index in [1.807, 2.05) is 0 Å². The van der Waals surface area contributed by atoms with Crippen LogP contribution in [0, 0.1) is 0 Å². The zero-order chi connectivity index (χ0) is 12.2. The largest absolute Gasteiger partial charge is 0.389 e. The summed E-state index contributed by atoms with van der Waals surface area (Å²) in [7, 11) is 1.77. The molecule has 0 spiro atoms. The van der Waals surface area contributed by atoms with E-state index in [-0.39, 0.29) is 0 Å². The number of aliphatic hydroxyl groups is 1. The molecule has 0 aromatic carbocycles. The molecule has 0 aromatic heterocycles. The van der Waals surface area contributed by atoms with Gasteiger partial charge in [0.05, 0.1) is 11.7 Å². The normalized spacial score (nSPS) is 28.7. The van der Waals surface area contributed by atoms with Gasteiger partial charge in [-0.05, 0) is 39.7 Å². The molecule has 3 atom stereocenters. The van der Waals surface area contributed by atoms with Gasteiger partial charge in [-0.15, -0.1) is 0 Å². The number of likely N-dealkylation sites (tertiary alicyclic amines) is 1. The highest BCUT2D eigenvalue weighted by molar-refractivity contribution is 4.84. The number of nitrogens with zero attached hydrogens (tertiary/aromatic N) is 1. The molecular weight excluding hydrogens is 204 g/mol. The number of rotatable bonds is 5. The summed E-state index contributed by atoms with van der Waals surface area (Å²) in [6.45, 7) is 6.35. The van der Waals surface area contributed by atoms with E-state index in [1.165, 1.54) is 6.42 Å². The van der Waals surface area contributed by atoms with Crippen LogP contribution < -0.4 is 5.73 Å². The molecule has 0 aromatic rings. The number of ether oxygens (including phenoxy) is 1. The zero-order valence-corrected chi connectivity index (χ0v) is 10.8. The van der Waals surface area contributed by atoms with Crippen molar-refractivity contribution < 1.29 is 9.84 Å². The summed E-state index contributed by atoms with van der Waals surface area (Å²) in [5.74, 6) is 0. The standard InChI is InChI=1S/C12H26N2O2/c1-10(7-12(2,15)9-13)14-6-4-5-11(8-14)16-3/h10-11,15H,4-9,13H2,1-3H3. The van der Waals surface area contributed by atoms with E-state index in [0.717, 1.165) is 25.9 Å². The average Bonchev–Trinajstić information content (AvgIpc) is 2.28. The number of piperidine rings is 1. The molecule has 1 aliphatic heterocycles. The van der Waals surface area contributed by atoms with Crippen LogP contribution in [0.3, 0.4) is 0 Å². The Bertz CT molecular complexity index is 209. The molecule has 1 aliphatic rings. The van der Waals surface area contributed by atoms with Gasteiger partial charge in [0.1, 0.15) is 0 Å². The first-order valence-electron chi connectivity index (χ1n) is 6.18. The summed E-state index contributed by atoms with van der Waals surface area (Å²) in [6.07, 6.45) is 3.39. The molecule has 96 valence electrons. The quantitative estimate of drug-likeness (QED) is 0.725. The van der Waals surface area contributed by atoms with E-state index in [4.69, 9.17) is 10.5 Å². The highest BCUT2D eigenvalue weighted by Gasteiger charge is 2.28. The van der Waals surface area contributed by atoms with Gasteiger partial charge in [0.2, 0.25) is 0 Å². The third-order valence-corrected chi connectivity index (χ3v) is 3.54. The molecule has 3 N–H and O–H groups in total. The van der Waals surface area contributed by atoms with Crippen LogP contribution in [-0.4, -0.2) is 54.5 Å². The Morgan fingerprint density at radius 3 is 2.88 bits per heavy atom. The summed E-state index contributed by atoms with van der Waals surface area (Å²) in [4.78, 5) is 2.39. The van der Waals surface area contributed by atoms with Crippen LogP contribution >= 0.6 is 0 Å². The zero-order valence-electron chi connectivity index (χ0n) is 10.8. The number of hydrogen-bond donors (Lipinski definition) is 2. The predicted molar refractivity (Wildman–Crippen MR) is 65.4 cm³/mol. The van der Waals surface area contributed by atoms with Gasteiger partial charge in [0, 0.05) is 26.2 Å². The molecule has 0 amide bonds. The minimum atomic E-state index is -0.751. The number of hydrogen-bond acceptors (Lipinski definition) is 4. The fraction of sp³-hybridized carbons (Fsp3) is 1.00. The molecule has 4 heteroatoms. The average molecular weight is 230 g/mol. The van der Waals surface area contributed by atoms with Crippen molar-refractivity contribution in [2.45, 2.75) is 50.9 Å². The van der Waals surface area contributed by atoms with E-state index in [2.05, 4.69) is 11.8 Å². The third kappa shape index (κ3) is 4.01. The van der Waals surface area contributed by atoms with Crippen LogP contribution in [0.4, 0.5) is 0 Å². The second kappa shape index (κ2) is 5.96. The van der Waals surface area contributed by atoms with Gasteiger partial charge in [0.15, 0.2) is 0 Å². The van der Waals surface area contributed by atoms with E-state index in [1.54, 1.807) is 14.0 Å². The van der Waals surface area contributed by atoms with Crippen LogP contribution in [0.25, 0.3) is 0 Å². The molecule has 1 fully saturated rings. The van der Waals surface area contributed by atoms with E-state index in [0.29, 0.717) is 18.7 Å². The molecule has 1 heterocycles. The van der Waals surface area contributed by atoms with Gasteiger partial charge < -0.3 is 15.6 Å². The van der Waals surface area contributed by atoms with Crippen LogP contribution in [-0.2, 0) is 4.74 Å². The fourth-order valence-corrected chi connectivity index (χ4v) is 2.41. The Hall–Kier alpha value is -0.160. The summed E-state index contributed by atoms with van der Waals surface area (Å²) in [5.41, 5.74) is 4.79. The minimum absolute atomic E-state index is 0.318. The Labute approximate surface area is 98.8 Å². The molecule has 1 saturated heterocycles. The Morgan fingerprint density at radius 1 is 1.62 bits per heavy atom. The Balaban J connectivity index is 2.44. The van der Waals surface area contributed by atoms with Gasteiger partial charge in [-0.25, -0.2) is 0 Å². The third-order valence-electron chi connectivity index (χ3n) is 3.54. The number of methoxy groups -OCH3 is 1. The first-order chi connectivity index (χ1) is 7.48.